The van der Waals surface area contributed by atoms with Gasteiger partial charge in [-0.15, -0.1) is 0 Å². The van der Waals surface area contributed by atoms with Gasteiger partial charge in [0.15, 0.2) is 0 Å². The van der Waals surface area contributed by atoms with E-state index in [1.165, 1.54) is 12.8 Å². The third-order valence-corrected chi connectivity index (χ3v) is 3.63. The van der Waals surface area contributed by atoms with Crippen LogP contribution in [0, 0.1) is 23.7 Å². The predicted octanol–water partition coefficient (Wildman–Crippen LogP) is 3.32. The van der Waals surface area contributed by atoms with Gasteiger partial charge in [-0.1, -0.05) is 34.6 Å². The van der Waals surface area contributed by atoms with Gasteiger partial charge in [-0.05, 0) is 43.1 Å². The smallest absolute Gasteiger partial charge is 0.0641 e. The summed E-state index contributed by atoms with van der Waals surface area (Å²) in [7, 11) is 0. The molecule has 0 saturated carbocycles. The molecule has 0 radical (unpaired) electrons. The number of nitrogens with one attached hydrogen (secondary N) is 1. The fourth-order valence-corrected chi connectivity index (χ4v) is 2.94. The van der Waals surface area contributed by atoms with E-state index in [1.54, 1.807) is 0 Å². The average molecular weight is 241 g/mol. The van der Waals surface area contributed by atoms with Gasteiger partial charge in [-0.25, -0.2) is 0 Å². The first-order valence-corrected chi connectivity index (χ1v) is 7.33. The zero-order chi connectivity index (χ0) is 12.8. The molecule has 0 aromatic carbocycles. The fraction of sp³-hybridized carbons (Fsp3) is 1.00. The highest BCUT2D eigenvalue weighted by Gasteiger charge is 2.32. The molecule has 17 heavy (non-hydrogen) atoms. The summed E-state index contributed by atoms with van der Waals surface area (Å²) in [4.78, 5) is 0. The van der Waals surface area contributed by atoms with E-state index in [-0.39, 0.29) is 0 Å². The molecule has 0 amide bonds. The van der Waals surface area contributed by atoms with Gasteiger partial charge in [-0.2, -0.15) is 0 Å². The van der Waals surface area contributed by atoms with Crippen molar-refractivity contribution in [3.05, 3.63) is 0 Å². The first kappa shape index (κ1) is 15.0. The summed E-state index contributed by atoms with van der Waals surface area (Å²) in [5, 5.41) is 3.58. The fourth-order valence-electron chi connectivity index (χ4n) is 2.94. The normalized spacial score (nSPS) is 27.0. The molecule has 2 heteroatoms. The zero-order valence-corrected chi connectivity index (χ0v) is 12.3. The van der Waals surface area contributed by atoms with Crippen LogP contribution in [0.3, 0.4) is 0 Å². The highest BCUT2D eigenvalue weighted by atomic mass is 16.5. The SMILES string of the molecule is CC(C)CNCC1CCOC1C(C)CC(C)C. The molecule has 1 fully saturated rings. The second-order valence-corrected chi connectivity index (χ2v) is 6.54. The Hall–Kier alpha value is -0.0800. The minimum absolute atomic E-state index is 0.483. The standard InChI is InChI=1S/C15H31NO/c1-11(2)8-13(5)15-14(6-7-17-15)10-16-9-12(3)4/h11-16H,6-10H2,1-5H3. The minimum atomic E-state index is 0.483. The molecule has 1 aliphatic rings. The van der Waals surface area contributed by atoms with E-state index in [0.717, 1.165) is 37.5 Å². The van der Waals surface area contributed by atoms with Crippen LogP contribution < -0.4 is 5.32 Å². The van der Waals surface area contributed by atoms with Gasteiger partial charge in [0.25, 0.3) is 0 Å². The van der Waals surface area contributed by atoms with Crippen LogP contribution in [0.2, 0.25) is 0 Å². The van der Waals surface area contributed by atoms with Gasteiger partial charge in [-0.3, -0.25) is 0 Å². The lowest BCUT2D eigenvalue weighted by molar-refractivity contribution is 0.0402. The van der Waals surface area contributed by atoms with Crippen molar-refractivity contribution < 1.29 is 4.74 Å². The van der Waals surface area contributed by atoms with Crippen LogP contribution in [-0.4, -0.2) is 25.8 Å². The Morgan fingerprint density at radius 1 is 1.12 bits per heavy atom. The van der Waals surface area contributed by atoms with E-state index in [4.69, 9.17) is 4.74 Å². The molecular formula is C15H31NO. The molecule has 0 aliphatic carbocycles. The third-order valence-electron chi connectivity index (χ3n) is 3.63. The molecule has 3 atom stereocenters. The van der Waals surface area contributed by atoms with Crippen molar-refractivity contribution in [3.8, 4) is 0 Å². The maximum absolute atomic E-state index is 5.95. The molecule has 0 bridgehead atoms. The molecule has 1 aliphatic heterocycles. The van der Waals surface area contributed by atoms with E-state index in [9.17, 15) is 0 Å². The van der Waals surface area contributed by atoms with E-state index < -0.39 is 0 Å². The van der Waals surface area contributed by atoms with Gasteiger partial charge in [0.2, 0.25) is 0 Å². The molecule has 0 spiro atoms. The van der Waals surface area contributed by atoms with Gasteiger partial charge in [0, 0.05) is 13.2 Å². The van der Waals surface area contributed by atoms with Gasteiger partial charge < -0.3 is 10.1 Å². The van der Waals surface area contributed by atoms with Crippen molar-refractivity contribution in [3.63, 3.8) is 0 Å². The lowest BCUT2D eigenvalue weighted by Crippen LogP contribution is -2.34. The van der Waals surface area contributed by atoms with Gasteiger partial charge in [0.05, 0.1) is 6.10 Å². The first-order valence-electron chi connectivity index (χ1n) is 7.33. The van der Waals surface area contributed by atoms with E-state index in [2.05, 4.69) is 39.9 Å². The molecule has 0 aromatic heterocycles. The monoisotopic (exact) mass is 241 g/mol. The Bertz CT molecular complexity index is 203. The first-order chi connectivity index (χ1) is 8.00. The van der Waals surface area contributed by atoms with E-state index in [0.29, 0.717) is 12.0 Å². The predicted molar refractivity (Wildman–Crippen MR) is 74.2 cm³/mol. The summed E-state index contributed by atoms with van der Waals surface area (Å²) in [5.74, 6) is 2.94. The number of hydrogen-bond acceptors (Lipinski definition) is 2. The van der Waals surface area contributed by atoms with Crippen molar-refractivity contribution in [1.82, 2.24) is 5.32 Å². The Kier molecular flexibility index (Phi) is 6.50. The number of hydrogen-bond donors (Lipinski definition) is 1. The van der Waals surface area contributed by atoms with Crippen LogP contribution in [-0.2, 0) is 4.74 Å². The molecule has 1 N–H and O–H groups in total. The van der Waals surface area contributed by atoms with Crippen molar-refractivity contribution in [1.29, 1.82) is 0 Å². The molecule has 1 heterocycles. The maximum atomic E-state index is 5.95. The summed E-state index contributed by atoms with van der Waals surface area (Å²) in [6, 6.07) is 0. The largest absolute Gasteiger partial charge is 0.378 e. The van der Waals surface area contributed by atoms with Crippen molar-refractivity contribution >= 4 is 0 Å². The van der Waals surface area contributed by atoms with Crippen LogP contribution in [0.4, 0.5) is 0 Å². The number of ether oxygens (including phenoxy) is 1. The van der Waals surface area contributed by atoms with Gasteiger partial charge >= 0.3 is 0 Å². The summed E-state index contributed by atoms with van der Waals surface area (Å²) < 4.78 is 5.95. The Labute approximate surface area is 108 Å². The highest BCUT2D eigenvalue weighted by molar-refractivity contribution is 4.82. The van der Waals surface area contributed by atoms with E-state index >= 15 is 0 Å². The number of rotatable bonds is 7. The summed E-state index contributed by atoms with van der Waals surface area (Å²) in [5.41, 5.74) is 0. The van der Waals surface area contributed by atoms with Crippen molar-refractivity contribution in [2.75, 3.05) is 19.7 Å². The molecule has 102 valence electrons. The molecular weight excluding hydrogens is 210 g/mol. The average Bonchev–Trinajstić information content (AvgIpc) is 2.64. The van der Waals surface area contributed by atoms with Crippen LogP contribution in [0.25, 0.3) is 0 Å². The quantitative estimate of drug-likeness (QED) is 0.738. The lowest BCUT2D eigenvalue weighted by Gasteiger charge is -2.26. The Balaban J connectivity index is 2.32. The second kappa shape index (κ2) is 7.38. The van der Waals surface area contributed by atoms with E-state index in [1.807, 2.05) is 0 Å². The zero-order valence-electron chi connectivity index (χ0n) is 12.3. The van der Waals surface area contributed by atoms with Crippen molar-refractivity contribution in [2.24, 2.45) is 23.7 Å². The lowest BCUT2D eigenvalue weighted by atomic mass is 9.86. The molecule has 2 nitrogen and oxygen atoms in total. The topological polar surface area (TPSA) is 21.3 Å². The third kappa shape index (κ3) is 5.39. The van der Waals surface area contributed by atoms with Crippen molar-refractivity contribution in [2.45, 2.75) is 53.6 Å². The minimum Gasteiger partial charge on any atom is -0.378 e. The Morgan fingerprint density at radius 2 is 1.82 bits per heavy atom. The molecule has 1 saturated heterocycles. The van der Waals surface area contributed by atoms with Crippen LogP contribution in [0.1, 0.15) is 47.5 Å². The molecule has 0 aromatic rings. The Morgan fingerprint density at radius 3 is 2.41 bits per heavy atom. The van der Waals surface area contributed by atoms with Crippen LogP contribution in [0.5, 0.6) is 0 Å². The second-order valence-electron chi connectivity index (χ2n) is 6.54. The highest BCUT2D eigenvalue weighted by Crippen LogP contribution is 2.29. The summed E-state index contributed by atoms with van der Waals surface area (Å²) in [6.45, 7) is 14.7. The summed E-state index contributed by atoms with van der Waals surface area (Å²) in [6.07, 6.45) is 3.00. The summed E-state index contributed by atoms with van der Waals surface area (Å²) >= 11 is 0. The molecule has 3 unspecified atom stereocenters. The maximum Gasteiger partial charge on any atom is 0.0641 e. The molecule has 1 rings (SSSR count). The van der Waals surface area contributed by atoms with Crippen LogP contribution in [0.15, 0.2) is 0 Å². The van der Waals surface area contributed by atoms with Gasteiger partial charge in [0.1, 0.15) is 0 Å². The van der Waals surface area contributed by atoms with Crippen LogP contribution >= 0.6 is 0 Å².